The van der Waals surface area contributed by atoms with E-state index in [0.717, 1.165) is 11.3 Å². The van der Waals surface area contributed by atoms with Gasteiger partial charge in [-0.1, -0.05) is 22.9 Å². The highest BCUT2D eigenvalue weighted by Gasteiger charge is 2.26. The lowest BCUT2D eigenvalue weighted by Crippen LogP contribution is -2.34. The Labute approximate surface area is 122 Å². The summed E-state index contributed by atoms with van der Waals surface area (Å²) in [5, 5.41) is 0. The third kappa shape index (κ3) is 4.97. The van der Waals surface area contributed by atoms with Gasteiger partial charge in [-0.05, 0) is 6.42 Å². The normalized spacial score (nSPS) is 12.2. The Morgan fingerprint density at radius 2 is 2.00 bits per heavy atom. The van der Waals surface area contributed by atoms with Gasteiger partial charge in [0.25, 0.3) is 10.0 Å². The summed E-state index contributed by atoms with van der Waals surface area (Å²) in [5.41, 5.74) is 0. The zero-order chi connectivity index (χ0) is 14.3. The molecule has 19 heavy (non-hydrogen) atoms. The van der Waals surface area contributed by atoms with Gasteiger partial charge < -0.3 is 9.47 Å². The first-order valence-electron chi connectivity index (χ1n) is 5.61. The van der Waals surface area contributed by atoms with Crippen LogP contribution in [0.5, 0.6) is 0 Å². The van der Waals surface area contributed by atoms with E-state index in [4.69, 9.17) is 21.1 Å². The van der Waals surface area contributed by atoms with E-state index in [1.54, 1.807) is 7.11 Å². The number of ether oxygens (including phenoxy) is 2. The lowest BCUT2D eigenvalue weighted by Gasteiger charge is -2.20. The van der Waals surface area contributed by atoms with Gasteiger partial charge in [0.1, 0.15) is 0 Å². The molecule has 0 saturated carbocycles. The molecule has 1 heterocycles. The number of hydrogen-bond acceptors (Lipinski definition) is 6. The molecular formula is C10H17ClN2O4S2. The lowest BCUT2D eigenvalue weighted by atomic mass is 10.4. The maximum Gasteiger partial charge on any atom is 0.254 e. The van der Waals surface area contributed by atoms with Gasteiger partial charge in [-0.2, -0.15) is 4.31 Å². The van der Waals surface area contributed by atoms with Crippen molar-refractivity contribution in [1.82, 2.24) is 9.29 Å². The summed E-state index contributed by atoms with van der Waals surface area (Å²) in [7, 11) is -0.452. The summed E-state index contributed by atoms with van der Waals surface area (Å²) in [6, 6.07) is 0. The molecule has 0 aromatic carbocycles. The van der Waals surface area contributed by atoms with Gasteiger partial charge in [-0.3, -0.25) is 0 Å². The zero-order valence-electron chi connectivity index (χ0n) is 10.8. The van der Waals surface area contributed by atoms with Crippen LogP contribution in [0.25, 0.3) is 0 Å². The van der Waals surface area contributed by atoms with Gasteiger partial charge in [0, 0.05) is 33.9 Å². The van der Waals surface area contributed by atoms with E-state index in [2.05, 4.69) is 4.98 Å². The Morgan fingerprint density at radius 3 is 2.53 bits per heavy atom. The topological polar surface area (TPSA) is 68.7 Å². The molecule has 0 aliphatic rings. The number of sulfonamides is 1. The fraction of sp³-hybridized carbons (Fsp3) is 0.700. The van der Waals surface area contributed by atoms with Crippen LogP contribution in [0.4, 0.5) is 0 Å². The molecule has 0 saturated heterocycles. The van der Waals surface area contributed by atoms with E-state index in [-0.39, 0.29) is 15.2 Å². The van der Waals surface area contributed by atoms with Crippen molar-refractivity contribution >= 4 is 33.0 Å². The third-order valence-corrected chi connectivity index (χ3v) is 5.80. The summed E-state index contributed by atoms with van der Waals surface area (Å²) in [6.45, 7) is 1.49. The second-order valence-electron chi connectivity index (χ2n) is 3.68. The van der Waals surface area contributed by atoms with Crippen molar-refractivity contribution in [2.75, 3.05) is 40.5 Å². The van der Waals surface area contributed by atoms with E-state index < -0.39 is 10.0 Å². The second kappa shape index (κ2) is 8.13. The van der Waals surface area contributed by atoms with Crippen LogP contribution >= 0.6 is 22.9 Å². The first-order valence-corrected chi connectivity index (χ1v) is 8.25. The average Bonchev–Trinajstić information content (AvgIpc) is 2.81. The fourth-order valence-corrected chi connectivity index (χ4v) is 4.33. The molecule has 0 aliphatic heterocycles. The van der Waals surface area contributed by atoms with Gasteiger partial charge in [0.2, 0.25) is 0 Å². The van der Waals surface area contributed by atoms with Crippen LogP contribution < -0.4 is 0 Å². The number of thiazole rings is 1. The summed E-state index contributed by atoms with van der Waals surface area (Å²) in [6.07, 6.45) is 1.89. The third-order valence-electron chi connectivity index (χ3n) is 2.35. The van der Waals surface area contributed by atoms with Crippen LogP contribution in [0.1, 0.15) is 6.42 Å². The molecular weight excluding hydrogens is 312 g/mol. The van der Waals surface area contributed by atoms with E-state index in [1.165, 1.54) is 17.6 Å². The Bertz CT molecular complexity index is 478. The molecule has 0 bridgehead atoms. The van der Waals surface area contributed by atoms with Crippen molar-refractivity contribution in [2.45, 2.75) is 10.6 Å². The quantitative estimate of drug-likeness (QED) is 0.642. The maximum absolute atomic E-state index is 12.4. The van der Waals surface area contributed by atoms with Gasteiger partial charge in [0.15, 0.2) is 8.68 Å². The second-order valence-corrected chi connectivity index (χ2v) is 7.45. The molecule has 0 N–H and O–H groups in total. The smallest absolute Gasteiger partial charge is 0.254 e. The molecule has 1 aromatic heterocycles. The highest BCUT2D eigenvalue weighted by molar-refractivity contribution is 7.91. The molecule has 0 radical (unpaired) electrons. The van der Waals surface area contributed by atoms with Crippen LogP contribution in [0.3, 0.4) is 0 Å². The van der Waals surface area contributed by atoms with Crippen LogP contribution in [0.15, 0.2) is 10.4 Å². The van der Waals surface area contributed by atoms with Crippen molar-refractivity contribution in [3.05, 3.63) is 10.7 Å². The van der Waals surface area contributed by atoms with Gasteiger partial charge in [0.05, 0.1) is 12.8 Å². The van der Waals surface area contributed by atoms with Crippen LogP contribution in [0, 0.1) is 0 Å². The Hall–Kier alpha value is -0.250. The SMILES string of the molecule is COCCCN(CCOC)S(=O)(=O)c1cnc(Cl)s1. The predicted octanol–water partition coefficient (Wildman–Crippen LogP) is 1.47. The van der Waals surface area contributed by atoms with E-state index in [0.29, 0.717) is 26.2 Å². The molecule has 6 nitrogen and oxygen atoms in total. The van der Waals surface area contributed by atoms with Crippen molar-refractivity contribution in [1.29, 1.82) is 0 Å². The predicted molar refractivity (Wildman–Crippen MR) is 74.3 cm³/mol. The molecule has 1 aromatic rings. The summed E-state index contributed by atoms with van der Waals surface area (Å²) >= 11 is 6.63. The minimum atomic E-state index is -3.56. The Balaban J connectivity index is 2.82. The summed E-state index contributed by atoms with van der Waals surface area (Å²) < 4.78 is 36.4. The molecule has 0 spiro atoms. The molecule has 0 aliphatic carbocycles. The van der Waals surface area contributed by atoms with Gasteiger partial charge in [-0.15, -0.1) is 0 Å². The van der Waals surface area contributed by atoms with Crippen molar-refractivity contribution in [3.63, 3.8) is 0 Å². The molecule has 0 unspecified atom stereocenters. The molecule has 110 valence electrons. The number of halogens is 1. The van der Waals surface area contributed by atoms with Crippen LogP contribution in [-0.2, 0) is 19.5 Å². The van der Waals surface area contributed by atoms with E-state index in [9.17, 15) is 8.42 Å². The number of nitrogens with zero attached hydrogens (tertiary/aromatic N) is 2. The zero-order valence-corrected chi connectivity index (χ0v) is 13.2. The molecule has 0 fully saturated rings. The van der Waals surface area contributed by atoms with Crippen molar-refractivity contribution in [3.8, 4) is 0 Å². The average molecular weight is 329 g/mol. The fourth-order valence-electron chi connectivity index (χ4n) is 1.42. The number of rotatable bonds is 9. The number of methoxy groups -OCH3 is 2. The first kappa shape index (κ1) is 16.8. The van der Waals surface area contributed by atoms with Gasteiger partial charge in [-0.25, -0.2) is 13.4 Å². The highest BCUT2D eigenvalue weighted by atomic mass is 35.5. The minimum absolute atomic E-state index is 0.144. The highest BCUT2D eigenvalue weighted by Crippen LogP contribution is 2.25. The standard InChI is InChI=1S/C10H17ClN2O4S2/c1-16-6-3-4-13(5-7-17-2)19(14,15)9-8-12-10(11)18-9/h8H,3-7H2,1-2H3. The number of hydrogen-bond donors (Lipinski definition) is 0. The number of aromatic nitrogens is 1. The molecule has 0 atom stereocenters. The largest absolute Gasteiger partial charge is 0.385 e. The van der Waals surface area contributed by atoms with Crippen molar-refractivity contribution in [2.24, 2.45) is 0 Å². The molecule has 0 amide bonds. The Kier molecular flexibility index (Phi) is 7.19. The lowest BCUT2D eigenvalue weighted by molar-refractivity contribution is 0.164. The minimum Gasteiger partial charge on any atom is -0.385 e. The van der Waals surface area contributed by atoms with Crippen LogP contribution in [-0.4, -0.2) is 58.2 Å². The summed E-state index contributed by atoms with van der Waals surface area (Å²) in [5.74, 6) is 0. The van der Waals surface area contributed by atoms with Crippen molar-refractivity contribution < 1.29 is 17.9 Å². The maximum atomic E-state index is 12.4. The van der Waals surface area contributed by atoms with Gasteiger partial charge >= 0.3 is 0 Å². The Morgan fingerprint density at radius 1 is 1.32 bits per heavy atom. The first-order chi connectivity index (χ1) is 9.02. The summed E-state index contributed by atoms with van der Waals surface area (Å²) in [4.78, 5) is 3.76. The van der Waals surface area contributed by atoms with Crippen LogP contribution in [0.2, 0.25) is 4.47 Å². The molecule has 1 rings (SSSR count). The monoisotopic (exact) mass is 328 g/mol. The van der Waals surface area contributed by atoms with E-state index in [1.807, 2.05) is 0 Å². The molecule has 9 heteroatoms. The van der Waals surface area contributed by atoms with E-state index >= 15 is 0 Å².